The fraction of sp³-hybridized carbons (Fsp3) is 0.208. The molecule has 142 valence electrons. The van der Waals surface area contributed by atoms with E-state index in [1.807, 2.05) is 60.4 Å². The quantitative estimate of drug-likeness (QED) is 0.454. The molecule has 2 aromatic heterocycles. The summed E-state index contributed by atoms with van der Waals surface area (Å²) in [5, 5.41) is 1.04. The van der Waals surface area contributed by atoms with Crippen molar-refractivity contribution in [1.82, 2.24) is 4.90 Å². The fourth-order valence-corrected chi connectivity index (χ4v) is 3.66. The summed E-state index contributed by atoms with van der Waals surface area (Å²) in [4.78, 5) is 15.0. The molecule has 1 amide bonds. The summed E-state index contributed by atoms with van der Waals surface area (Å²) < 4.78 is 11.2. The van der Waals surface area contributed by atoms with Crippen molar-refractivity contribution in [2.75, 3.05) is 0 Å². The minimum atomic E-state index is 0.0444. The Morgan fingerprint density at radius 2 is 1.79 bits per heavy atom. The number of hydrogen-bond donors (Lipinski definition) is 0. The van der Waals surface area contributed by atoms with Crippen LogP contribution in [0.3, 0.4) is 0 Å². The number of carbonyl (C=O) groups is 1. The first-order valence-corrected chi connectivity index (χ1v) is 9.41. The molecule has 0 spiro atoms. The second kappa shape index (κ2) is 7.77. The summed E-state index contributed by atoms with van der Waals surface area (Å²) in [5.41, 5.74) is 5.13. The number of carbonyl (C=O) groups excluding carboxylic acids is 1. The lowest BCUT2D eigenvalue weighted by atomic mass is 10.0. The lowest BCUT2D eigenvalue weighted by molar-refractivity contribution is -0.132. The second-order valence-electron chi connectivity index (χ2n) is 7.21. The SMILES string of the molecule is Cc1cc(C)c2c(CC(=O)N(Cc3ccccc3)Cc3ccco3)coc2c1. The Hall–Kier alpha value is -3.27. The van der Waals surface area contributed by atoms with Crippen LogP contribution in [0.4, 0.5) is 0 Å². The Balaban J connectivity index is 1.60. The zero-order valence-corrected chi connectivity index (χ0v) is 16.1. The summed E-state index contributed by atoms with van der Waals surface area (Å²) in [7, 11) is 0. The first kappa shape index (κ1) is 18.1. The molecule has 0 saturated heterocycles. The molecule has 0 aliphatic heterocycles. The Labute approximate surface area is 164 Å². The Morgan fingerprint density at radius 1 is 0.964 bits per heavy atom. The zero-order chi connectivity index (χ0) is 19.5. The van der Waals surface area contributed by atoms with Crippen LogP contribution < -0.4 is 0 Å². The Kier molecular flexibility index (Phi) is 5.02. The van der Waals surface area contributed by atoms with Gasteiger partial charge in [-0.15, -0.1) is 0 Å². The molecule has 0 bridgehead atoms. The van der Waals surface area contributed by atoms with E-state index in [4.69, 9.17) is 8.83 Å². The molecule has 0 atom stereocenters. The van der Waals surface area contributed by atoms with Gasteiger partial charge in [-0.2, -0.15) is 0 Å². The van der Waals surface area contributed by atoms with Crippen LogP contribution in [0, 0.1) is 13.8 Å². The first-order valence-electron chi connectivity index (χ1n) is 9.41. The van der Waals surface area contributed by atoms with E-state index < -0.39 is 0 Å². The highest BCUT2D eigenvalue weighted by Crippen LogP contribution is 2.27. The number of furan rings is 2. The Bertz CT molecular complexity index is 1080. The van der Waals surface area contributed by atoms with E-state index >= 15 is 0 Å². The minimum absolute atomic E-state index is 0.0444. The molecule has 0 unspecified atom stereocenters. The molecular weight excluding hydrogens is 350 g/mol. The van der Waals surface area contributed by atoms with Gasteiger partial charge in [-0.1, -0.05) is 36.4 Å². The minimum Gasteiger partial charge on any atom is -0.467 e. The van der Waals surface area contributed by atoms with Crippen LogP contribution in [0.25, 0.3) is 11.0 Å². The number of fused-ring (bicyclic) bond motifs is 1. The molecule has 0 radical (unpaired) electrons. The molecule has 0 aliphatic carbocycles. The van der Waals surface area contributed by atoms with Crippen LogP contribution in [0.2, 0.25) is 0 Å². The van der Waals surface area contributed by atoms with Gasteiger partial charge in [-0.3, -0.25) is 4.79 Å². The molecule has 4 aromatic rings. The normalized spacial score (nSPS) is 11.1. The van der Waals surface area contributed by atoms with Crippen molar-refractivity contribution < 1.29 is 13.6 Å². The highest BCUT2D eigenvalue weighted by Gasteiger charge is 2.19. The number of amides is 1. The van der Waals surface area contributed by atoms with E-state index in [0.29, 0.717) is 19.5 Å². The van der Waals surface area contributed by atoms with E-state index in [9.17, 15) is 4.79 Å². The number of rotatable bonds is 6. The average molecular weight is 373 g/mol. The number of nitrogens with zero attached hydrogens (tertiary/aromatic N) is 1. The fourth-order valence-electron chi connectivity index (χ4n) is 3.66. The van der Waals surface area contributed by atoms with Crippen molar-refractivity contribution in [3.63, 3.8) is 0 Å². The molecule has 0 aliphatic rings. The van der Waals surface area contributed by atoms with Crippen LogP contribution in [0.5, 0.6) is 0 Å². The lowest BCUT2D eigenvalue weighted by Gasteiger charge is -2.22. The van der Waals surface area contributed by atoms with E-state index in [1.54, 1.807) is 12.5 Å². The van der Waals surface area contributed by atoms with Gasteiger partial charge in [0, 0.05) is 17.5 Å². The maximum absolute atomic E-state index is 13.2. The predicted molar refractivity (Wildman–Crippen MR) is 109 cm³/mol. The molecule has 0 N–H and O–H groups in total. The van der Waals surface area contributed by atoms with E-state index in [0.717, 1.165) is 39.0 Å². The van der Waals surface area contributed by atoms with Gasteiger partial charge in [-0.25, -0.2) is 0 Å². The van der Waals surface area contributed by atoms with E-state index in [2.05, 4.69) is 13.0 Å². The smallest absolute Gasteiger partial charge is 0.227 e. The topological polar surface area (TPSA) is 46.6 Å². The number of hydrogen-bond acceptors (Lipinski definition) is 3. The van der Waals surface area contributed by atoms with Crippen LogP contribution in [0.15, 0.2) is 76.0 Å². The van der Waals surface area contributed by atoms with Crippen molar-refractivity contribution in [2.45, 2.75) is 33.4 Å². The van der Waals surface area contributed by atoms with Gasteiger partial charge >= 0.3 is 0 Å². The molecule has 4 rings (SSSR count). The maximum Gasteiger partial charge on any atom is 0.227 e. The Morgan fingerprint density at radius 3 is 2.54 bits per heavy atom. The molecule has 4 nitrogen and oxygen atoms in total. The standard InChI is InChI=1S/C24H23NO3/c1-17-11-18(2)24-20(16-28-22(24)12-17)13-23(26)25(15-21-9-6-10-27-21)14-19-7-4-3-5-8-19/h3-12,16H,13-15H2,1-2H3. The highest BCUT2D eigenvalue weighted by molar-refractivity contribution is 5.90. The summed E-state index contributed by atoms with van der Waals surface area (Å²) >= 11 is 0. The maximum atomic E-state index is 13.2. The van der Waals surface area contributed by atoms with Crippen molar-refractivity contribution in [3.8, 4) is 0 Å². The van der Waals surface area contributed by atoms with Crippen molar-refractivity contribution in [3.05, 3.63) is 95.1 Å². The zero-order valence-electron chi connectivity index (χ0n) is 16.1. The van der Waals surface area contributed by atoms with Crippen molar-refractivity contribution >= 4 is 16.9 Å². The molecule has 2 heterocycles. The third-order valence-corrected chi connectivity index (χ3v) is 4.93. The summed E-state index contributed by atoms with van der Waals surface area (Å²) in [5.74, 6) is 0.816. The van der Waals surface area contributed by atoms with Crippen molar-refractivity contribution in [1.29, 1.82) is 0 Å². The summed E-state index contributed by atoms with van der Waals surface area (Å²) in [6, 6.07) is 17.9. The van der Waals surface area contributed by atoms with Crippen LogP contribution in [-0.2, 0) is 24.3 Å². The van der Waals surface area contributed by atoms with Crippen LogP contribution in [-0.4, -0.2) is 10.8 Å². The highest BCUT2D eigenvalue weighted by atomic mass is 16.3. The molecular formula is C24H23NO3. The summed E-state index contributed by atoms with van der Waals surface area (Å²) in [6.45, 7) is 5.08. The predicted octanol–water partition coefficient (Wildman–Crippen LogP) is 5.41. The van der Waals surface area contributed by atoms with Crippen LogP contribution in [0.1, 0.15) is 28.0 Å². The molecule has 2 aromatic carbocycles. The van der Waals surface area contributed by atoms with E-state index in [1.165, 1.54) is 0 Å². The third-order valence-electron chi connectivity index (χ3n) is 4.93. The van der Waals surface area contributed by atoms with Gasteiger partial charge < -0.3 is 13.7 Å². The largest absolute Gasteiger partial charge is 0.467 e. The molecule has 0 saturated carbocycles. The molecule has 0 fully saturated rings. The first-order chi connectivity index (χ1) is 13.6. The van der Waals surface area contributed by atoms with Gasteiger partial charge in [0.25, 0.3) is 0 Å². The molecule has 28 heavy (non-hydrogen) atoms. The van der Waals surface area contributed by atoms with Gasteiger partial charge in [0.1, 0.15) is 11.3 Å². The van der Waals surface area contributed by atoms with Gasteiger partial charge in [0.2, 0.25) is 5.91 Å². The van der Waals surface area contributed by atoms with Gasteiger partial charge in [0.15, 0.2) is 0 Å². The van der Waals surface area contributed by atoms with Gasteiger partial charge in [0.05, 0.1) is 25.5 Å². The third kappa shape index (κ3) is 3.86. The van der Waals surface area contributed by atoms with Gasteiger partial charge in [-0.05, 0) is 48.7 Å². The average Bonchev–Trinajstić information content (AvgIpc) is 3.32. The molecule has 4 heteroatoms. The lowest BCUT2D eigenvalue weighted by Crippen LogP contribution is -2.31. The number of benzene rings is 2. The number of aryl methyl sites for hydroxylation is 2. The summed E-state index contributed by atoms with van der Waals surface area (Å²) in [6.07, 6.45) is 3.64. The van der Waals surface area contributed by atoms with E-state index in [-0.39, 0.29) is 5.91 Å². The second-order valence-corrected chi connectivity index (χ2v) is 7.21. The van der Waals surface area contributed by atoms with Crippen molar-refractivity contribution in [2.24, 2.45) is 0 Å². The monoisotopic (exact) mass is 373 g/mol. The van der Waals surface area contributed by atoms with Crippen LogP contribution >= 0.6 is 0 Å².